The summed E-state index contributed by atoms with van der Waals surface area (Å²) in [5.74, 6) is -2.40. The van der Waals surface area contributed by atoms with E-state index in [9.17, 15) is 24.6 Å². The van der Waals surface area contributed by atoms with Crippen LogP contribution in [-0.4, -0.2) is 41.8 Å². The molecule has 1 unspecified atom stereocenters. The summed E-state index contributed by atoms with van der Waals surface area (Å²) in [6.45, 7) is 2.22. The van der Waals surface area contributed by atoms with Crippen molar-refractivity contribution in [2.75, 3.05) is 19.0 Å². The van der Waals surface area contributed by atoms with Gasteiger partial charge >= 0.3 is 5.97 Å². The molecule has 2 N–H and O–H groups in total. The molecule has 0 amide bonds. The van der Waals surface area contributed by atoms with Gasteiger partial charge in [-0.1, -0.05) is 101 Å². The molecule has 0 fully saturated rings. The highest BCUT2D eigenvalue weighted by Gasteiger charge is 2.37. The summed E-state index contributed by atoms with van der Waals surface area (Å²) in [6, 6.07) is 15.2. The number of unbranched alkanes of at least 4 members (excludes halogenated alkanes) is 9. The zero-order chi connectivity index (χ0) is 31.6. The fraction of sp³-hybridized carbons (Fsp3) is 0.432. The largest absolute Gasteiger partial charge is 0.507 e. The van der Waals surface area contributed by atoms with Crippen LogP contribution in [0.5, 0.6) is 11.5 Å². The van der Waals surface area contributed by atoms with E-state index in [-0.39, 0.29) is 34.2 Å². The fourth-order valence-corrected chi connectivity index (χ4v) is 5.90. The van der Waals surface area contributed by atoms with E-state index in [0.29, 0.717) is 6.42 Å². The Morgan fingerprint density at radius 2 is 1.32 bits per heavy atom. The van der Waals surface area contributed by atoms with Crippen molar-refractivity contribution >= 4 is 23.2 Å². The predicted molar refractivity (Wildman–Crippen MR) is 173 cm³/mol. The first kappa shape index (κ1) is 32.8. The SMILES string of the molecule is CCCCCCCCCCCCC(OC(=O)Cc1ccc(N(C)C)cc1)c1cc(O)c2c(c1O)C(=O)c1ccccc1C2=O. The Labute approximate surface area is 260 Å². The molecule has 7 nitrogen and oxygen atoms in total. The summed E-state index contributed by atoms with van der Waals surface area (Å²) in [7, 11) is 3.89. The van der Waals surface area contributed by atoms with Gasteiger partial charge in [-0.25, -0.2) is 0 Å². The van der Waals surface area contributed by atoms with Gasteiger partial charge in [0.05, 0.1) is 17.5 Å². The minimum absolute atomic E-state index is 0.0325. The number of benzene rings is 3. The zero-order valence-electron chi connectivity index (χ0n) is 26.2. The van der Waals surface area contributed by atoms with Gasteiger partial charge in [0, 0.05) is 36.5 Å². The molecule has 3 aromatic rings. The van der Waals surface area contributed by atoms with Gasteiger partial charge in [-0.3, -0.25) is 14.4 Å². The molecule has 7 heteroatoms. The first-order valence-electron chi connectivity index (χ1n) is 16.0. The van der Waals surface area contributed by atoms with Crippen molar-refractivity contribution in [2.24, 2.45) is 0 Å². The monoisotopic (exact) mass is 599 g/mol. The first-order chi connectivity index (χ1) is 21.2. The molecular formula is C37H45NO6. The second kappa shape index (κ2) is 15.6. The molecule has 0 saturated heterocycles. The standard InChI is InChI=1S/C37H45NO6/c1-4-5-6-7-8-9-10-11-12-13-18-31(44-32(40)23-25-19-21-26(22-20-25)38(2)3)29-24-30(39)33-34(37(29)43)36(42)28-17-15-14-16-27(28)35(33)41/h14-17,19-22,24,31,39,43H,4-13,18,23H2,1-3H3. The van der Waals surface area contributed by atoms with Crippen LogP contribution in [0.25, 0.3) is 0 Å². The summed E-state index contributed by atoms with van der Waals surface area (Å²) in [5, 5.41) is 22.4. The van der Waals surface area contributed by atoms with Gasteiger partial charge in [-0.05, 0) is 36.6 Å². The van der Waals surface area contributed by atoms with Gasteiger partial charge in [0.25, 0.3) is 0 Å². The lowest BCUT2D eigenvalue weighted by molar-refractivity contribution is -0.149. The highest BCUT2D eigenvalue weighted by Crippen LogP contribution is 2.43. The van der Waals surface area contributed by atoms with E-state index < -0.39 is 35.1 Å². The number of esters is 1. The van der Waals surface area contributed by atoms with Crippen LogP contribution < -0.4 is 4.90 Å². The zero-order valence-corrected chi connectivity index (χ0v) is 26.2. The number of hydrogen-bond donors (Lipinski definition) is 2. The van der Waals surface area contributed by atoms with Crippen LogP contribution in [0.4, 0.5) is 5.69 Å². The maximum Gasteiger partial charge on any atom is 0.310 e. The molecular weight excluding hydrogens is 554 g/mol. The van der Waals surface area contributed by atoms with Gasteiger partial charge in [0.1, 0.15) is 17.6 Å². The molecule has 1 atom stereocenters. The molecule has 1 aliphatic carbocycles. The van der Waals surface area contributed by atoms with Crippen molar-refractivity contribution in [1.29, 1.82) is 0 Å². The molecule has 234 valence electrons. The van der Waals surface area contributed by atoms with Crippen LogP contribution in [0.15, 0.2) is 54.6 Å². The number of rotatable bonds is 16. The number of carbonyl (C=O) groups is 3. The summed E-state index contributed by atoms with van der Waals surface area (Å²) < 4.78 is 5.94. The van der Waals surface area contributed by atoms with Gasteiger partial charge in [0.15, 0.2) is 11.6 Å². The second-order valence-electron chi connectivity index (χ2n) is 12.0. The highest BCUT2D eigenvalue weighted by molar-refractivity contribution is 6.30. The van der Waals surface area contributed by atoms with Crippen molar-refractivity contribution in [3.63, 3.8) is 0 Å². The number of hydrogen-bond acceptors (Lipinski definition) is 7. The molecule has 44 heavy (non-hydrogen) atoms. The van der Waals surface area contributed by atoms with Crippen LogP contribution in [0.2, 0.25) is 0 Å². The molecule has 0 radical (unpaired) electrons. The third-order valence-corrected chi connectivity index (χ3v) is 8.42. The van der Waals surface area contributed by atoms with E-state index >= 15 is 0 Å². The van der Waals surface area contributed by atoms with Crippen LogP contribution >= 0.6 is 0 Å². The Kier molecular flexibility index (Phi) is 11.6. The number of aromatic hydroxyl groups is 2. The molecule has 4 rings (SSSR count). The van der Waals surface area contributed by atoms with E-state index in [1.807, 2.05) is 43.3 Å². The number of ether oxygens (including phenoxy) is 1. The van der Waals surface area contributed by atoms with Crippen LogP contribution in [0.3, 0.4) is 0 Å². The van der Waals surface area contributed by atoms with Gasteiger partial charge in [0.2, 0.25) is 0 Å². The van der Waals surface area contributed by atoms with Gasteiger partial charge in [-0.15, -0.1) is 0 Å². The number of phenols is 2. The fourth-order valence-electron chi connectivity index (χ4n) is 5.90. The van der Waals surface area contributed by atoms with E-state index in [2.05, 4.69) is 6.92 Å². The average molecular weight is 600 g/mol. The Hall–Kier alpha value is -4.13. The highest BCUT2D eigenvalue weighted by atomic mass is 16.5. The lowest BCUT2D eigenvalue weighted by atomic mass is 9.81. The van der Waals surface area contributed by atoms with Crippen LogP contribution in [0, 0.1) is 0 Å². The summed E-state index contributed by atoms with van der Waals surface area (Å²) in [6.07, 6.45) is 10.9. The Morgan fingerprint density at radius 1 is 0.773 bits per heavy atom. The van der Waals surface area contributed by atoms with Crippen molar-refractivity contribution in [3.8, 4) is 11.5 Å². The van der Waals surface area contributed by atoms with E-state index in [4.69, 9.17) is 4.74 Å². The summed E-state index contributed by atoms with van der Waals surface area (Å²) in [4.78, 5) is 41.8. The van der Waals surface area contributed by atoms with Crippen molar-refractivity contribution in [1.82, 2.24) is 0 Å². The van der Waals surface area contributed by atoms with Crippen LogP contribution in [0.1, 0.15) is 127 Å². The maximum atomic E-state index is 13.4. The van der Waals surface area contributed by atoms with Crippen molar-refractivity contribution in [2.45, 2.75) is 90.1 Å². The third-order valence-electron chi connectivity index (χ3n) is 8.42. The Balaban J connectivity index is 1.52. The quantitative estimate of drug-likeness (QED) is 0.0762. The molecule has 0 bridgehead atoms. The molecule has 0 spiro atoms. The van der Waals surface area contributed by atoms with Crippen molar-refractivity contribution in [3.05, 3.63) is 88.0 Å². The summed E-state index contributed by atoms with van der Waals surface area (Å²) in [5.41, 5.74) is 1.81. The first-order valence-corrected chi connectivity index (χ1v) is 16.0. The third kappa shape index (κ3) is 7.87. The maximum absolute atomic E-state index is 13.4. The van der Waals surface area contributed by atoms with Gasteiger partial charge in [-0.2, -0.15) is 0 Å². The van der Waals surface area contributed by atoms with E-state index in [1.54, 1.807) is 12.1 Å². The lowest BCUT2D eigenvalue weighted by Gasteiger charge is -2.25. The van der Waals surface area contributed by atoms with E-state index in [0.717, 1.165) is 36.9 Å². The number of carbonyl (C=O) groups excluding carboxylic acids is 3. The topological polar surface area (TPSA) is 104 Å². The molecule has 1 aliphatic rings. The molecule has 0 aromatic heterocycles. The molecule has 0 aliphatic heterocycles. The predicted octanol–water partition coefficient (Wildman–Crippen LogP) is 8.08. The number of anilines is 1. The lowest BCUT2D eigenvalue weighted by Crippen LogP contribution is -2.22. The molecule has 3 aromatic carbocycles. The van der Waals surface area contributed by atoms with Gasteiger partial charge < -0.3 is 19.8 Å². The number of ketones is 2. The molecule has 0 saturated carbocycles. The van der Waals surface area contributed by atoms with Crippen molar-refractivity contribution < 1.29 is 29.3 Å². The summed E-state index contributed by atoms with van der Waals surface area (Å²) >= 11 is 0. The molecule has 0 heterocycles. The Bertz CT molecular complexity index is 1460. The second-order valence-corrected chi connectivity index (χ2v) is 12.0. The van der Waals surface area contributed by atoms with Crippen LogP contribution in [-0.2, 0) is 16.0 Å². The number of phenolic OH excluding ortho intramolecular Hbond substituents is 2. The smallest absolute Gasteiger partial charge is 0.310 e. The minimum Gasteiger partial charge on any atom is -0.507 e. The normalized spacial score (nSPS) is 12.9. The number of nitrogens with zero attached hydrogens (tertiary/aromatic N) is 1. The van der Waals surface area contributed by atoms with E-state index in [1.165, 1.54) is 56.7 Å². The Morgan fingerprint density at radius 3 is 1.89 bits per heavy atom. The average Bonchev–Trinajstić information content (AvgIpc) is 3.01. The minimum atomic E-state index is -0.895. The number of fused-ring (bicyclic) bond motifs is 2.